The van der Waals surface area contributed by atoms with Crippen LogP contribution in [0.3, 0.4) is 0 Å². The SMILES string of the molecule is CC1S/C(=C\c2ccc(Cl)c(Cl)c2)C(=O)N1S(=O)(=O)c1ccc(F)cc1. The van der Waals surface area contributed by atoms with Crippen molar-refractivity contribution in [3.05, 3.63) is 68.8 Å². The van der Waals surface area contributed by atoms with Crippen LogP contribution in [0.1, 0.15) is 12.5 Å². The van der Waals surface area contributed by atoms with E-state index in [1.807, 2.05) is 0 Å². The molecule has 1 heterocycles. The van der Waals surface area contributed by atoms with Crippen LogP contribution in [0.2, 0.25) is 10.0 Å². The smallest absolute Gasteiger partial charge is 0.267 e. The second-order valence-electron chi connectivity index (χ2n) is 5.46. The average Bonchev–Trinajstić information content (AvgIpc) is 2.85. The number of amides is 1. The van der Waals surface area contributed by atoms with Crippen LogP contribution in [0.4, 0.5) is 4.39 Å². The Bertz CT molecular complexity index is 1010. The number of benzene rings is 2. The molecule has 0 saturated carbocycles. The maximum absolute atomic E-state index is 13.1. The normalized spacial score (nSPS) is 19.4. The van der Waals surface area contributed by atoms with Gasteiger partial charge < -0.3 is 0 Å². The molecule has 0 aliphatic carbocycles. The van der Waals surface area contributed by atoms with Crippen LogP contribution >= 0.6 is 35.0 Å². The summed E-state index contributed by atoms with van der Waals surface area (Å²) in [5.74, 6) is -1.20. The first-order valence-corrected chi connectivity index (χ1v) is 10.5. The van der Waals surface area contributed by atoms with Crippen LogP contribution in [0, 0.1) is 5.82 Å². The molecule has 3 rings (SSSR count). The quantitative estimate of drug-likeness (QED) is 0.655. The number of hydrogen-bond acceptors (Lipinski definition) is 4. The number of nitrogens with zero attached hydrogens (tertiary/aromatic N) is 1. The number of sulfonamides is 1. The van der Waals surface area contributed by atoms with Gasteiger partial charge in [0.2, 0.25) is 0 Å². The van der Waals surface area contributed by atoms with Crippen molar-refractivity contribution in [2.24, 2.45) is 0 Å². The summed E-state index contributed by atoms with van der Waals surface area (Å²) in [6.07, 6.45) is 1.56. The van der Waals surface area contributed by atoms with Gasteiger partial charge in [-0.05, 0) is 55.0 Å². The minimum Gasteiger partial charge on any atom is -0.267 e. The maximum Gasteiger partial charge on any atom is 0.275 e. The lowest BCUT2D eigenvalue weighted by Gasteiger charge is -2.19. The Kier molecular flexibility index (Phi) is 5.35. The largest absolute Gasteiger partial charge is 0.275 e. The summed E-state index contributed by atoms with van der Waals surface area (Å²) < 4.78 is 39.4. The molecule has 1 aliphatic rings. The number of carbonyl (C=O) groups is 1. The van der Waals surface area contributed by atoms with Crippen LogP contribution in [0.25, 0.3) is 6.08 Å². The molecule has 0 radical (unpaired) electrons. The van der Waals surface area contributed by atoms with E-state index in [2.05, 4.69) is 0 Å². The standard InChI is InChI=1S/C17H12Cl2FNO3S2/c1-10-21(26(23,24)13-5-3-12(20)4-6-13)17(22)16(25-10)9-11-2-7-14(18)15(19)8-11/h2-10H,1H3/b16-9-. The Balaban J connectivity index is 1.96. The predicted molar refractivity (Wildman–Crippen MR) is 102 cm³/mol. The van der Waals surface area contributed by atoms with Crippen molar-refractivity contribution in [2.75, 3.05) is 0 Å². The number of thioether (sulfide) groups is 1. The van der Waals surface area contributed by atoms with Crippen molar-refractivity contribution in [1.82, 2.24) is 4.31 Å². The van der Waals surface area contributed by atoms with Crippen molar-refractivity contribution < 1.29 is 17.6 Å². The van der Waals surface area contributed by atoms with Crippen molar-refractivity contribution in [1.29, 1.82) is 0 Å². The molecule has 4 nitrogen and oxygen atoms in total. The van der Waals surface area contributed by atoms with Crippen molar-refractivity contribution in [3.8, 4) is 0 Å². The zero-order valence-electron chi connectivity index (χ0n) is 13.3. The first kappa shape index (κ1) is 19.2. The van der Waals surface area contributed by atoms with E-state index < -0.39 is 27.1 Å². The summed E-state index contributed by atoms with van der Waals surface area (Å²) in [5, 5.41) is 0.0833. The highest BCUT2D eigenvalue weighted by Gasteiger charge is 2.42. The molecule has 26 heavy (non-hydrogen) atoms. The minimum absolute atomic E-state index is 0.143. The second kappa shape index (κ2) is 7.23. The molecule has 1 aliphatic heterocycles. The van der Waals surface area contributed by atoms with E-state index in [1.54, 1.807) is 31.2 Å². The van der Waals surface area contributed by atoms with Gasteiger partial charge in [0, 0.05) is 0 Å². The number of rotatable bonds is 3. The predicted octanol–water partition coefficient (Wildman–Crippen LogP) is 4.78. The summed E-state index contributed by atoms with van der Waals surface area (Å²) in [6, 6.07) is 9.21. The summed E-state index contributed by atoms with van der Waals surface area (Å²) in [7, 11) is -4.09. The van der Waals surface area contributed by atoms with Gasteiger partial charge in [-0.3, -0.25) is 4.79 Å². The fraction of sp³-hybridized carbons (Fsp3) is 0.118. The average molecular weight is 432 g/mol. The van der Waals surface area contributed by atoms with E-state index in [1.165, 1.54) is 0 Å². The number of hydrogen-bond donors (Lipinski definition) is 0. The molecule has 1 saturated heterocycles. The third-order valence-electron chi connectivity index (χ3n) is 3.65. The van der Waals surface area contributed by atoms with Crippen molar-refractivity contribution in [2.45, 2.75) is 17.2 Å². The lowest BCUT2D eigenvalue weighted by Crippen LogP contribution is -2.36. The highest BCUT2D eigenvalue weighted by molar-refractivity contribution is 8.06. The molecule has 0 N–H and O–H groups in total. The highest BCUT2D eigenvalue weighted by atomic mass is 35.5. The maximum atomic E-state index is 13.1. The minimum atomic E-state index is -4.09. The van der Waals surface area contributed by atoms with Gasteiger partial charge in [-0.2, -0.15) is 0 Å². The van der Waals surface area contributed by atoms with Gasteiger partial charge >= 0.3 is 0 Å². The van der Waals surface area contributed by atoms with Crippen molar-refractivity contribution >= 4 is 57.0 Å². The molecule has 9 heteroatoms. The lowest BCUT2D eigenvalue weighted by molar-refractivity contribution is -0.121. The van der Waals surface area contributed by atoms with Gasteiger partial charge in [0.05, 0.1) is 25.2 Å². The molecule has 0 aromatic heterocycles. The van der Waals surface area contributed by atoms with Gasteiger partial charge in [0.15, 0.2) is 0 Å². The van der Waals surface area contributed by atoms with E-state index in [9.17, 15) is 17.6 Å². The molecular formula is C17H12Cl2FNO3S2. The highest BCUT2D eigenvalue weighted by Crippen LogP contribution is 2.39. The Hall–Kier alpha value is -1.54. The van der Waals surface area contributed by atoms with Gasteiger partial charge in [-0.1, -0.05) is 41.0 Å². The first-order valence-electron chi connectivity index (χ1n) is 7.38. The zero-order chi connectivity index (χ0) is 19.1. The Morgan fingerprint density at radius 2 is 1.77 bits per heavy atom. The molecule has 1 fully saturated rings. The van der Waals surface area contributed by atoms with Crippen LogP contribution < -0.4 is 0 Å². The molecule has 2 aromatic carbocycles. The summed E-state index contributed by atoms with van der Waals surface area (Å²) in [5.41, 5.74) is 0.628. The van der Waals surface area contributed by atoms with Crippen molar-refractivity contribution in [3.63, 3.8) is 0 Å². The lowest BCUT2D eigenvalue weighted by atomic mass is 10.2. The summed E-state index contributed by atoms with van der Waals surface area (Å²) in [4.78, 5) is 12.8. The summed E-state index contributed by atoms with van der Waals surface area (Å²) in [6.45, 7) is 1.61. The van der Waals surface area contributed by atoms with Crippen LogP contribution in [0.15, 0.2) is 52.3 Å². The monoisotopic (exact) mass is 431 g/mol. The van der Waals surface area contributed by atoms with Gasteiger partial charge in [-0.15, -0.1) is 0 Å². The van der Waals surface area contributed by atoms with Gasteiger partial charge in [0.25, 0.3) is 15.9 Å². The molecule has 0 spiro atoms. The van der Waals surface area contributed by atoms with Crippen LogP contribution in [0.5, 0.6) is 0 Å². The molecule has 1 amide bonds. The van der Waals surface area contributed by atoms with Crippen LogP contribution in [-0.4, -0.2) is 24.0 Å². The topological polar surface area (TPSA) is 54.5 Å². The second-order valence-corrected chi connectivity index (χ2v) is 9.45. The van der Waals surface area contributed by atoms with E-state index >= 15 is 0 Å². The molecular weight excluding hydrogens is 420 g/mol. The molecule has 0 bridgehead atoms. The van der Waals surface area contributed by atoms with E-state index in [0.717, 1.165) is 40.3 Å². The number of carbonyl (C=O) groups excluding carboxylic acids is 1. The molecule has 2 aromatic rings. The third-order valence-corrected chi connectivity index (χ3v) is 7.49. The van der Waals surface area contributed by atoms with Crippen LogP contribution in [-0.2, 0) is 14.8 Å². The van der Waals surface area contributed by atoms with E-state index in [-0.39, 0.29) is 9.80 Å². The Morgan fingerprint density at radius 1 is 1.12 bits per heavy atom. The first-order chi connectivity index (χ1) is 12.2. The van der Waals surface area contributed by atoms with Gasteiger partial charge in [-0.25, -0.2) is 17.1 Å². The summed E-state index contributed by atoms with van der Waals surface area (Å²) >= 11 is 13.0. The fourth-order valence-corrected chi connectivity index (χ4v) is 5.64. The molecule has 1 atom stereocenters. The van der Waals surface area contributed by atoms with E-state index in [0.29, 0.717) is 15.6 Å². The van der Waals surface area contributed by atoms with E-state index in [4.69, 9.17) is 23.2 Å². The zero-order valence-corrected chi connectivity index (χ0v) is 16.5. The molecule has 1 unspecified atom stereocenters. The van der Waals surface area contributed by atoms with Gasteiger partial charge in [0.1, 0.15) is 5.82 Å². The Morgan fingerprint density at radius 3 is 2.38 bits per heavy atom. The number of halogens is 3. The Labute approximate surface area is 164 Å². The third kappa shape index (κ3) is 3.62. The molecule has 136 valence electrons. The fourth-order valence-electron chi connectivity index (χ4n) is 2.43.